The van der Waals surface area contributed by atoms with E-state index in [1.165, 1.54) is 11.0 Å². The molecule has 1 saturated heterocycles. The van der Waals surface area contributed by atoms with Crippen LogP contribution >= 0.6 is 0 Å². The third kappa shape index (κ3) is 1.93. The zero-order valence-corrected chi connectivity index (χ0v) is 9.92. The molecule has 1 heterocycles. The van der Waals surface area contributed by atoms with Crippen LogP contribution in [0.5, 0.6) is 0 Å². The highest BCUT2D eigenvalue weighted by molar-refractivity contribution is 5.99. The van der Waals surface area contributed by atoms with Crippen molar-refractivity contribution in [3.8, 4) is 12.3 Å². The first-order chi connectivity index (χ1) is 8.54. The Morgan fingerprint density at radius 2 is 2.28 bits per heavy atom. The maximum Gasteiger partial charge on any atom is 0.293 e. The summed E-state index contributed by atoms with van der Waals surface area (Å²) in [5.41, 5.74) is 1.02. The molecule has 0 aromatic heterocycles. The number of hydrogen-bond donors (Lipinski definition) is 0. The molecule has 1 unspecified atom stereocenters. The molecule has 18 heavy (non-hydrogen) atoms. The second-order valence-electron chi connectivity index (χ2n) is 4.27. The standard InChI is InChI=1S/C13H12N2O3/c1-3-10-7-12(16)14(8-10)13-9(2)5-4-6-11(13)15(17)18/h1,4-6,10H,7-8H2,2H3. The first kappa shape index (κ1) is 12.1. The molecule has 2 rings (SSSR count). The van der Waals surface area contributed by atoms with Crippen molar-refractivity contribution in [2.75, 3.05) is 11.4 Å². The number of amides is 1. The molecule has 0 bridgehead atoms. The van der Waals surface area contributed by atoms with Gasteiger partial charge in [0, 0.05) is 24.9 Å². The minimum Gasteiger partial charge on any atom is -0.305 e. The third-order valence-electron chi connectivity index (χ3n) is 3.04. The first-order valence-corrected chi connectivity index (χ1v) is 5.55. The van der Waals surface area contributed by atoms with E-state index in [1.54, 1.807) is 19.1 Å². The predicted molar refractivity (Wildman–Crippen MR) is 67.1 cm³/mol. The molecule has 1 aliphatic heterocycles. The fourth-order valence-electron chi connectivity index (χ4n) is 2.18. The zero-order chi connectivity index (χ0) is 13.3. The number of carbonyl (C=O) groups is 1. The number of hydrogen-bond acceptors (Lipinski definition) is 3. The molecule has 1 atom stereocenters. The van der Waals surface area contributed by atoms with Crippen LogP contribution < -0.4 is 4.90 Å². The topological polar surface area (TPSA) is 63.5 Å². The van der Waals surface area contributed by atoms with Crippen LogP contribution in [0.1, 0.15) is 12.0 Å². The molecule has 0 radical (unpaired) electrons. The summed E-state index contributed by atoms with van der Waals surface area (Å²) in [6.07, 6.45) is 5.56. The maximum atomic E-state index is 11.9. The summed E-state index contributed by atoms with van der Waals surface area (Å²) in [6, 6.07) is 4.76. The van der Waals surface area contributed by atoms with Gasteiger partial charge < -0.3 is 4.90 Å². The van der Waals surface area contributed by atoms with Crippen molar-refractivity contribution in [1.82, 2.24) is 0 Å². The lowest BCUT2D eigenvalue weighted by Gasteiger charge is -2.18. The SMILES string of the molecule is C#CC1CC(=O)N(c2c(C)cccc2[N+](=O)[O-])C1. The number of benzene rings is 1. The van der Waals surface area contributed by atoms with Gasteiger partial charge in [-0.15, -0.1) is 12.3 Å². The summed E-state index contributed by atoms with van der Waals surface area (Å²) in [6.45, 7) is 2.10. The van der Waals surface area contributed by atoms with Crippen LogP contribution in [0, 0.1) is 35.3 Å². The highest BCUT2D eigenvalue weighted by Crippen LogP contribution is 2.35. The molecule has 1 fully saturated rings. The van der Waals surface area contributed by atoms with E-state index >= 15 is 0 Å². The van der Waals surface area contributed by atoms with Crippen molar-refractivity contribution in [3.63, 3.8) is 0 Å². The first-order valence-electron chi connectivity index (χ1n) is 5.55. The lowest BCUT2D eigenvalue weighted by molar-refractivity contribution is -0.384. The molecule has 0 saturated carbocycles. The zero-order valence-electron chi connectivity index (χ0n) is 9.92. The maximum absolute atomic E-state index is 11.9. The van der Waals surface area contributed by atoms with E-state index in [2.05, 4.69) is 5.92 Å². The smallest absolute Gasteiger partial charge is 0.293 e. The normalized spacial score (nSPS) is 18.8. The van der Waals surface area contributed by atoms with Crippen LogP contribution in [0.4, 0.5) is 11.4 Å². The summed E-state index contributed by atoms with van der Waals surface area (Å²) in [5.74, 6) is 2.20. The van der Waals surface area contributed by atoms with Gasteiger partial charge in [-0.2, -0.15) is 0 Å². The lowest BCUT2D eigenvalue weighted by atomic mass is 10.1. The number of anilines is 1. The summed E-state index contributed by atoms with van der Waals surface area (Å²) in [7, 11) is 0. The van der Waals surface area contributed by atoms with Gasteiger partial charge in [0.1, 0.15) is 5.69 Å². The monoisotopic (exact) mass is 244 g/mol. The summed E-state index contributed by atoms with van der Waals surface area (Å²) in [5, 5.41) is 11.0. The highest BCUT2D eigenvalue weighted by Gasteiger charge is 2.34. The molecular weight excluding hydrogens is 232 g/mol. The Morgan fingerprint density at radius 3 is 2.83 bits per heavy atom. The van der Waals surface area contributed by atoms with Crippen LogP contribution in [-0.4, -0.2) is 17.4 Å². The number of rotatable bonds is 2. The number of nitro benzene ring substituents is 1. The quantitative estimate of drug-likeness (QED) is 0.453. The number of nitrogens with zero attached hydrogens (tertiary/aromatic N) is 2. The van der Waals surface area contributed by atoms with E-state index in [9.17, 15) is 14.9 Å². The Morgan fingerprint density at radius 1 is 1.56 bits per heavy atom. The molecule has 5 heteroatoms. The number of nitro groups is 1. The van der Waals surface area contributed by atoms with E-state index in [-0.39, 0.29) is 23.9 Å². The minimum atomic E-state index is -0.473. The molecule has 1 amide bonds. The van der Waals surface area contributed by atoms with Crippen LogP contribution in [-0.2, 0) is 4.79 Å². The van der Waals surface area contributed by atoms with E-state index in [4.69, 9.17) is 6.42 Å². The van der Waals surface area contributed by atoms with Crippen LogP contribution in [0.2, 0.25) is 0 Å². The van der Waals surface area contributed by atoms with Crippen molar-refractivity contribution in [2.45, 2.75) is 13.3 Å². The van der Waals surface area contributed by atoms with Crippen molar-refractivity contribution in [1.29, 1.82) is 0 Å². The van der Waals surface area contributed by atoms with E-state index in [0.717, 1.165) is 0 Å². The average molecular weight is 244 g/mol. The van der Waals surface area contributed by atoms with Gasteiger partial charge >= 0.3 is 0 Å². The van der Waals surface area contributed by atoms with E-state index < -0.39 is 4.92 Å². The number of terminal acetylenes is 1. The van der Waals surface area contributed by atoms with Gasteiger partial charge in [0.05, 0.1) is 4.92 Å². The molecule has 1 aromatic carbocycles. The molecular formula is C13H12N2O3. The van der Waals surface area contributed by atoms with Crippen LogP contribution in [0.3, 0.4) is 0 Å². The summed E-state index contributed by atoms with van der Waals surface area (Å²) in [4.78, 5) is 23.8. The van der Waals surface area contributed by atoms with Gasteiger partial charge in [-0.3, -0.25) is 14.9 Å². The van der Waals surface area contributed by atoms with Gasteiger partial charge in [0.2, 0.25) is 5.91 Å². The van der Waals surface area contributed by atoms with Gasteiger partial charge in [-0.05, 0) is 12.5 Å². The minimum absolute atomic E-state index is 0.0546. The lowest BCUT2D eigenvalue weighted by Crippen LogP contribution is -2.26. The van der Waals surface area contributed by atoms with E-state index in [0.29, 0.717) is 17.8 Å². The van der Waals surface area contributed by atoms with Crippen LogP contribution in [0.25, 0.3) is 0 Å². The molecule has 0 spiro atoms. The molecule has 5 nitrogen and oxygen atoms in total. The molecule has 1 aliphatic rings. The van der Waals surface area contributed by atoms with Crippen LogP contribution in [0.15, 0.2) is 18.2 Å². The summed E-state index contributed by atoms with van der Waals surface area (Å²) < 4.78 is 0. The Kier molecular flexibility index (Phi) is 3.02. The average Bonchev–Trinajstić information content (AvgIpc) is 2.70. The number of aryl methyl sites for hydroxylation is 1. The Labute approximate surface area is 105 Å². The Hall–Kier alpha value is -2.35. The molecule has 92 valence electrons. The Bertz CT molecular complexity index is 560. The molecule has 0 aliphatic carbocycles. The van der Waals surface area contributed by atoms with Gasteiger partial charge in [-0.1, -0.05) is 12.1 Å². The fraction of sp³-hybridized carbons (Fsp3) is 0.308. The highest BCUT2D eigenvalue weighted by atomic mass is 16.6. The molecule has 1 aromatic rings. The largest absolute Gasteiger partial charge is 0.305 e. The number of carbonyl (C=O) groups excluding carboxylic acids is 1. The van der Waals surface area contributed by atoms with Crippen molar-refractivity contribution < 1.29 is 9.72 Å². The third-order valence-corrected chi connectivity index (χ3v) is 3.04. The van der Waals surface area contributed by atoms with Crippen molar-refractivity contribution >= 4 is 17.3 Å². The van der Waals surface area contributed by atoms with Crippen molar-refractivity contribution in [2.24, 2.45) is 5.92 Å². The summed E-state index contributed by atoms with van der Waals surface area (Å²) >= 11 is 0. The predicted octanol–water partition coefficient (Wildman–Crippen LogP) is 1.89. The van der Waals surface area contributed by atoms with Gasteiger partial charge in [0.15, 0.2) is 0 Å². The number of para-hydroxylation sites is 1. The second-order valence-corrected chi connectivity index (χ2v) is 4.27. The second kappa shape index (κ2) is 4.49. The van der Waals surface area contributed by atoms with Crippen molar-refractivity contribution in [3.05, 3.63) is 33.9 Å². The molecule has 0 N–H and O–H groups in total. The fourth-order valence-corrected chi connectivity index (χ4v) is 2.18. The van der Waals surface area contributed by atoms with Gasteiger partial charge in [-0.25, -0.2) is 0 Å². The van der Waals surface area contributed by atoms with Gasteiger partial charge in [0.25, 0.3) is 5.69 Å². The Balaban J connectivity index is 2.49. The van der Waals surface area contributed by atoms with E-state index in [1.807, 2.05) is 0 Å².